The predicted octanol–water partition coefficient (Wildman–Crippen LogP) is 3.02. The van der Waals surface area contributed by atoms with E-state index in [4.69, 9.17) is 0 Å². The van der Waals surface area contributed by atoms with Gasteiger partial charge in [-0.3, -0.25) is 4.79 Å². The first-order valence-electron chi connectivity index (χ1n) is 6.44. The first-order valence-corrected chi connectivity index (χ1v) is 6.44. The molecule has 1 saturated carbocycles. The standard InChI is InChI=1S/C15H22O2/c1-9(2)12-8-13-11(5-6-15(13,4)17)10(3)7-14(12)16/h7,11,13,17H,5-6,8H2,1-4H3/t11-,13-,15-/m0/s1. The minimum atomic E-state index is -0.620. The Kier molecular flexibility index (Phi) is 3.03. The molecule has 17 heavy (non-hydrogen) atoms. The molecule has 0 bridgehead atoms. The monoisotopic (exact) mass is 234 g/mol. The van der Waals surface area contributed by atoms with Crippen LogP contribution < -0.4 is 0 Å². The van der Waals surface area contributed by atoms with Crippen LogP contribution in [0.2, 0.25) is 0 Å². The maximum absolute atomic E-state index is 12.1. The van der Waals surface area contributed by atoms with Crippen LogP contribution in [0.1, 0.15) is 47.0 Å². The van der Waals surface area contributed by atoms with Crippen molar-refractivity contribution in [2.24, 2.45) is 11.8 Å². The van der Waals surface area contributed by atoms with E-state index in [1.807, 2.05) is 27.7 Å². The Labute approximate surface area is 103 Å². The van der Waals surface area contributed by atoms with Crippen LogP contribution in [0.3, 0.4) is 0 Å². The third-order valence-corrected chi connectivity index (χ3v) is 4.51. The van der Waals surface area contributed by atoms with Crippen molar-refractivity contribution in [2.75, 3.05) is 0 Å². The molecule has 0 saturated heterocycles. The van der Waals surface area contributed by atoms with Gasteiger partial charge in [0.15, 0.2) is 5.78 Å². The molecule has 1 fully saturated rings. The lowest BCUT2D eigenvalue weighted by molar-refractivity contribution is -0.111. The molecule has 0 aliphatic heterocycles. The lowest BCUT2D eigenvalue weighted by Crippen LogP contribution is -2.32. The Balaban J connectivity index is 2.45. The molecule has 0 aromatic heterocycles. The third kappa shape index (κ3) is 2.11. The van der Waals surface area contributed by atoms with Crippen LogP contribution in [0.15, 0.2) is 22.8 Å². The Morgan fingerprint density at radius 3 is 2.71 bits per heavy atom. The zero-order chi connectivity index (χ0) is 12.8. The normalized spacial score (nSPS) is 37.6. The Hall–Kier alpha value is -0.890. The van der Waals surface area contributed by atoms with Crippen LogP contribution in [-0.4, -0.2) is 16.5 Å². The summed E-state index contributed by atoms with van der Waals surface area (Å²) in [5.74, 6) is 0.730. The van der Waals surface area contributed by atoms with Gasteiger partial charge in [0.25, 0.3) is 0 Å². The molecule has 0 heterocycles. The Morgan fingerprint density at radius 1 is 1.47 bits per heavy atom. The number of carbonyl (C=O) groups is 1. The van der Waals surface area contributed by atoms with Gasteiger partial charge in [0, 0.05) is 0 Å². The highest BCUT2D eigenvalue weighted by atomic mass is 16.3. The van der Waals surface area contributed by atoms with Crippen LogP contribution in [-0.2, 0) is 4.79 Å². The summed E-state index contributed by atoms with van der Waals surface area (Å²) in [5, 5.41) is 10.5. The van der Waals surface area contributed by atoms with Gasteiger partial charge in [-0.1, -0.05) is 11.1 Å². The summed E-state index contributed by atoms with van der Waals surface area (Å²) in [6, 6.07) is 0. The van der Waals surface area contributed by atoms with Gasteiger partial charge in [0.05, 0.1) is 5.60 Å². The highest BCUT2D eigenvalue weighted by Crippen LogP contribution is 2.48. The average Bonchev–Trinajstić information content (AvgIpc) is 2.41. The number of carbonyl (C=O) groups excluding carboxylic acids is 1. The van der Waals surface area contributed by atoms with Crippen LogP contribution in [0, 0.1) is 11.8 Å². The van der Waals surface area contributed by atoms with Crippen molar-refractivity contribution in [3.8, 4) is 0 Å². The molecule has 2 aliphatic rings. The van der Waals surface area contributed by atoms with Gasteiger partial charge in [-0.15, -0.1) is 0 Å². The molecule has 0 amide bonds. The van der Waals surface area contributed by atoms with Crippen LogP contribution >= 0.6 is 0 Å². The van der Waals surface area contributed by atoms with Crippen LogP contribution in [0.5, 0.6) is 0 Å². The van der Waals surface area contributed by atoms with E-state index in [0.717, 1.165) is 36.0 Å². The minimum Gasteiger partial charge on any atom is -0.390 e. The smallest absolute Gasteiger partial charge is 0.181 e. The lowest BCUT2D eigenvalue weighted by atomic mass is 9.80. The summed E-state index contributed by atoms with van der Waals surface area (Å²) in [6.45, 7) is 7.93. The van der Waals surface area contributed by atoms with Gasteiger partial charge in [-0.05, 0) is 70.4 Å². The molecule has 2 aliphatic carbocycles. The van der Waals surface area contributed by atoms with Gasteiger partial charge in [-0.2, -0.15) is 0 Å². The van der Waals surface area contributed by atoms with Gasteiger partial charge in [0.2, 0.25) is 0 Å². The molecule has 94 valence electrons. The van der Waals surface area contributed by atoms with E-state index in [2.05, 4.69) is 0 Å². The molecule has 2 nitrogen and oxygen atoms in total. The molecule has 2 heteroatoms. The Morgan fingerprint density at radius 2 is 2.12 bits per heavy atom. The van der Waals surface area contributed by atoms with Crippen molar-refractivity contribution in [3.63, 3.8) is 0 Å². The van der Waals surface area contributed by atoms with E-state index >= 15 is 0 Å². The molecule has 0 spiro atoms. The molecular formula is C15H22O2. The van der Waals surface area contributed by atoms with Crippen molar-refractivity contribution >= 4 is 5.78 Å². The predicted molar refractivity (Wildman–Crippen MR) is 68.6 cm³/mol. The maximum Gasteiger partial charge on any atom is 0.181 e. The number of aliphatic hydroxyl groups is 1. The quantitative estimate of drug-likeness (QED) is 0.654. The number of fused-ring (bicyclic) bond motifs is 1. The fourth-order valence-corrected chi connectivity index (χ4v) is 3.35. The van der Waals surface area contributed by atoms with Crippen molar-refractivity contribution in [1.82, 2.24) is 0 Å². The highest BCUT2D eigenvalue weighted by Gasteiger charge is 2.46. The lowest BCUT2D eigenvalue weighted by Gasteiger charge is -2.29. The second-order valence-corrected chi connectivity index (χ2v) is 6.04. The summed E-state index contributed by atoms with van der Waals surface area (Å²) >= 11 is 0. The van der Waals surface area contributed by atoms with E-state index in [-0.39, 0.29) is 11.7 Å². The minimum absolute atomic E-state index is 0.146. The first-order chi connectivity index (χ1) is 7.83. The summed E-state index contributed by atoms with van der Waals surface area (Å²) in [5.41, 5.74) is 2.51. The fraction of sp³-hybridized carbons (Fsp3) is 0.667. The maximum atomic E-state index is 12.1. The third-order valence-electron chi connectivity index (χ3n) is 4.51. The number of ketones is 1. The molecule has 3 atom stereocenters. The van der Waals surface area contributed by atoms with E-state index in [1.54, 1.807) is 6.08 Å². The molecule has 0 aromatic rings. The summed E-state index contributed by atoms with van der Waals surface area (Å²) in [4.78, 5) is 12.1. The molecule has 0 aromatic carbocycles. The van der Waals surface area contributed by atoms with Crippen molar-refractivity contribution < 1.29 is 9.90 Å². The van der Waals surface area contributed by atoms with Crippen LogP contribution in [0.4, 0.5) is 0 Å². The molecule has 0 radical (unpaired) electrons. The van der Waals surface area contributed by atoms with E-state index in [0.29, 0.717) is 5.92 Å². The topological polar surface area (TPSA) is 37.3 Å². The van der Waals surface area contributed by atoms with Crippen LogP contribution in [0.25, 0.3) is 0 Å². The first kappa shape index (κ1) is 12.6. The van der Waals surface area contributed by atoms with E-state index in [1.165, 1.54) is 0 Å². The molecular weight excluding hydrogens is 212 g/mol. The second-order valence-electron chi connectivity index (χ2n) is 6.04. The van der Waals surface area contributed by atoms with Crippen molar-refractivity contribution in [2.45, 2.75) is 52.6 Å². The van der Waals surface area contributed by atoms with Gasteiger partial charge in [-0.25, -0.2) is 0 Å². The summed E-state index contributed by atoms with van der Waals surface area (Å²) in [6.07, 6.45) is 4.36. The fourth-order valence-electron chi connectivity index (χ4n) is 3.35. The highest BCUT2D eigenvalue weighted by molar-refractivity contribution is 6.05. The van der Waals surface area contributed by atoms with Crippen molar-refractivity contribution in [3.05, 3.63) is 22.8 Å². The summed E-state index contributed by atoms with van der Waals surface area (Å²) < 4.78 is 0. The number of allylic oxidation sites excluding steroid dienone is 4. The largest absolute Gasteiger partial charge is 0.390 e. The zero-order valence-electron chi connectivity index (χ0n) is 11.2. The molecule has 1 N–H and O–H groups in total. The Bertz CT molecular complexity index is 409. The van der Waals surface area contributed by atoms with Crippen molar-refractivity contribution in [1.29, 1.82) is 0 Å². The summed E-state index contributed by atoms with van der Waals surface area (Å²) in [7, 11) is 0. The van der Waals surface area contributed by atoms with Gasteiger partial charge < -0.3 is 5.11 Å². The molecule has 0 unspecified atom stereocenters. The SMILES string of the molecule is CC1=CC(=O)C(=C(C)C)C[C@H]2[C@H]1CC[C@]2(C)O. The second kappa shape index (κ2) is 4.09. The number of rotatable bonds is 0. The average molecular weight is 234 g/mol. The molecule has 2 rings (SSSR count). The van der Waals surface area contributed by atoms with E-state index < -0.39 is 5.60 Å². The van der Waals surface area contributed by atoms with Gasteiger partial charge in [0.1, 0.15) is 0 Å². The van der Waals surface area contributed by atoms with Gasteiger partial charge >= 0.3 is 0 Å². The number of hydrogen-bond acceptors (Lipinski definition) is 2. The number of hydrogen-bond donors (Lipinski definition) is 1. The van der Waals surface area contributed by atoms with E-state index in [9.17, 15) is 9.90 Å². The zero-order valence-corrected chi connectivity index (χ0v) is 11.2.